The molecule has 3 aromatic rings. The van der Waals surface area contributed by atoms with E-state index in [4.69, 9.17) is 5.11 Å². The number of allylic oxidation sites excluding steroid dienone is 2. The van der Waals surface area contributed by atoms with Gasteiger partial charge in [-0.05, 0) is 48.7 Å². The normalized spacial score (nSPS) is 10.3. The molecule has 0 bridgehead atoms. The molecule has 0 saturated carbocycles. The molecule has 0 aliphatic heterocycles. The van der Waals surface area contributed by atoms with E-state index in [0.29, 0.717) is 0 Å². The van der Waals surface area contributed by atoms with E-state index in [1.165, 1.54) is 36.6 Å². The van der Waals surface area contributed by atoms with Crippen LogP contribution in [0.25, 0.3) is 22.4 Å². The third-order valence-electron chi connectivity index (χ3n) is 3.83. The molecule has 147 valence electrons. The fourth-order valence-electron chi connectivity index (χ4n) is 2.58. The Labute approximate surface area is 180 Å². The summed E-state index contributed by atoms with van der Waals surface area (Å²) in [6.45, 7) is 5.02. The number of carbonyl (C=O) groups excluding carboxylic acids is 1. The summed E-state index contributed by atoms with van der Waals surface area (Å²) in [4.78, 5) is 14.5. The minimum Gasteiger partial charge on any atom is -0.512 e. The fraction of sp³-hybridized carbons (Fsp3) is 0.167. The number of hydrogen-bond acceptors (Lipinski definition) is 3. The number of rotatable bonds is 4. The molecule has 0 aliphatic rings. The van der Waals surface area contributed by atoms with Crippen molar-refractivity contribution in [2.75, 3.05) is 0 Å². The minimum atomic E-state index is -0.125. The van der Waals surface area contributed by atoms with E-state index in [9.17, 15) is 4.79 Å². The van der Waals surface area contributed by atoms with Crippen molar-refractivity contribution < 1.29 is 30.0 Å². The van der Waals surface area contributed by atoms with Crippen molar-refractivity contribution in [1.82, 2.24) is 4.98 Å². The zero-order valence-electron chi connectivity index (χ0n) is 16.3. The summed E-state index contributed by atoms with van der Waals surface area (Å²) in [5.74, 6) is -0.0625. The van der Waals surface area contributed by atoms with Crippen LogP contribution in [0.4, 0.5) is 0 Å². The second kappa shape index (κ2) is 12.0. The molecule has 0 atom stereocenters. The van der Waals surface area contributed by atoms with Gasteiger partial charge in [-0.3, -0.25) is 4.79 Å². The van der Waals surface area contributed by atoms with Crippen molar-refractivity contribution >= 4 is 5.78 Å². The summed E-state index contributed by atoms with van der Waals surface area (Å²) >= 11 is 0. The van der Waals surface area contributed by atoms with Crippen LogP contribution < -0.4 is 0 Å². The largest absolute Gasteiger partial charge is 0.512 e. The standard InChI is InChI=1S/C19H16N.C5H8O2.Ir/c1-2-15-7-6-10-17(13-15)18-11-12-20-19(14-18)16-8-4-3-5-9-16;1-4(6)3-5(2)7;/h3-8,10-14H,2H2,1H3;3,6H,1-2H3;/q-1;;/b;4-3-;. The molecule has 2 aromatic carbocycles. The maximum absolute atomic E-state index is 10.0. The van der Waals surface area contributed by atoms with Crippen LogP contribution in [0, 0.1) is 6.07 Å². The van der Waals surface area contributed by atoms with Crippen LogP contribution in [0.1, 0.15) is 26.3 Å². The van der Waals surface area contributed by atoms with E-state index < -0.39 is 0 Å². The second-order valence-corrected chi connectivity index (χ2v) is 6.16. The van der Waals surface area contributed by atoms with Crippen LogP contribution in [0.2, 0.25) is 0 Å². The molecule has 0 aliphatic carbocycles. The Hall–Kier alpha value is -2.55. The van der Waals surface area contributed by atoms with E-state index >= 15 is 0 Å². The van der Waals surface area contributed by atoms with Crippen molar-refractivity contribution in [3.63, 3.8) is 0 Å². The summed E-state index contributed by atoms with van der Waals surface area (Å²) in [5, 5.41) is 8.36. The number of aryl methyl sites for hydroxylation is 1. The van der Waals surface area contributed by atoms with Crippen molar-refractivity contribution in [3.05, 3.63) is 90.3 Å². The monoisotopic (exact) mass is 551 g/mol. The number of aliphatic hydroxyl groups is 1. The predicted octanol–water partition coefficient (Wildman–Crippen LogP) is 5.81. The number of carbonyl (C=O) groups is 1. The first kappa shape index (κ1) is 23.5. The maximum Gasteiger partial charge on any atom is 0.155 e. The molecular formula is C24H24IrNO2-. The summed E-state index contributed by atoms with van der Waals surface area (Å²) < 4.78 is 0. The van der Waals surface area contributed by atoms with Gasteiger partial charge in [0.2, 0.25) is 0 Å². The first-order valence-electron chi connectivity index (χ1n) is 8.90. The molecule has 0 fully saturated rings. The van der Waals surface area contributed by atoms with Crippen LogP contribution in [0.3, 0.4) is 0 Å². The molecule has 3 nitrogen and oxygen atoms in total. The van der Waals surface area contributed by atoms with Crippen molar-refractivity contribution in [1.29, 1.82) is 0 Å². The average Bonchev–Trinajstić information content (AvgIpc) is 2.68. The van der Waals surface area contributed by atoms with E-state index in [1.807, 2.05) is 30.5 Å². The summed E-state index contributed by atoms with van der Waals surface area (Å²) in [7, 11) is 0. The molecule has 3 rings (SSSR count). The van der Waals surface area contributed by atoms with Gasteiger partial charge >= 0.3 is 0 Å². The van der Waals surface area contributed by atoms with E-state index in [1.54, 1.807) is 0 Å². The maximum atomic E-state index is 10.0. The Morgan fingerprint density at radius 1 is 1.07 bits per heavy atom. The van der Waals surface area contributed by atoms with Crippen LogP contribution >= 0.6 is 0 Å². The van der Waals surface area contributed by atoms with Crippen LogP contribution in [-0.4, -0.2) is 15.9 Å². The SMILES string of the molecule is CC(=O)/C=C(/C)O.CCc1cccc(-c2ccnc(-c3[c-]cccc3)c2)c1.[Ir]. The van der Waals surface area contributed by atoms with Crippen LogP contribution in [0.15, 0.2) is 78.7 Å². The molecule has 0 unspecified atom stereocenters. The van der Waals surface area contributed by atoms with Gasteiger partial charge in [0.25, 0.3) is 0 Å². The Morgan fingerprint density at radius 3 is 2.39 bits per heavy atom. The molecule has 1 radical (unpaired) electrons. The van der Waals surface area contributed by atoms with Gasteiger partial charge in [-0.1, -0.05) is 37.3 Å². The van der Waals surface area contributed by atoms with Gasteiger partial charge in [0.05, 0.1) is 5.76 Å². The molecule has 28 heavy (non-hydrogen) atoms. The average molecular weight is 551 g/mol. The van der Waals surface area contributed by atoms with Crippen molar-refractivity contribution in [3.8, 4) is 22.4 Å². The number of pyridine rings is 1. The zero-order valence-corrected chi connectivity index (χ0v) is 18.7. The van der Waals surface area contributed by atoms with Gasteiger partial charge in [-0.15, -0.1) is 35.9 Å². The molecule has 1 heterocycles. The third-order valence-corrected chi connectivity index (χ3v) is 3.83. The minimum absolute atomic E-state index is 0. The van der Waals surface area contributed by atoms with E-state index in [2.05, 4.69) is 54.4 Å². The van der Waals surface area contributed by atoms with Crippen LogP contribution in [0.5, 0.6) is 0 Å². The third kappa shape index (κ3) is 7.59. The quantitative estimate of drug-likeness (QED) is 0.253. The van der Waals surface area contributed by atoms with E-state index in [-0.39, 0.29) is 31.6 Å². The van der Waals surface area contributed by atoms with Crippen molar-refractivity contribution in [2.45, 2.75) is 27.2 Å². The van der Waals surface area contributed by atoms with E-state index in [0.717, 1.165) is 17.7 Å². The van der Waals surface area contributed by atoms with Gasteiger partial charge < -0.3 is 10.1 Å². The Kier molecular flexibility index (Phi) is 10.1. The molecule has 1 N–H and O–H groups in total. The van der Waals surface area contributed by atoms with Gasteiger partial charge in [0.15, 0.2) is 5.78 Å². The van der Waals surface area contributed by atoms with Crippen LogP contribution in [-0.2, 0) is 31.3 Å². The van der Waals surface area contributed by atoms with Gasteiger partial charge in [-0.25, -0.2) is 0 Å². The topological polar surface area (TPSA) is 50.2 Å². The van der Waals surface area contributed by atoms with Gasteiger partial charge in [0.1, 0.15) is 0 Å². The fourth-order valence-corrected chi connectivity index (χ4v) is 2.58. The molecule has 1 aromatic heterocycles. The first-order valence-corrected chi connectivity index (χ1v) is 8.90. The first-order chi connectivity index (χ1) is 13.0. The Balaban J connectivity index is 0.000000425. The summed E-state index contributed by atoms with van der Waals surface area (Å²) in [5.41, 5.74) is 5.78. The second-order valence-electron chi connectivity index (χ2n) is 6.16. The van der Waals surface area contributed by atoms with Gasteiger partial charge in [-0.2, -0.15) is 0 Å². The Bertz CT molecular complexity index is 917. The number of benzene rings is 2. The Morgan fingerprint density at radius 2 is 1.82 bits per heavy atom. The number of aromatic nitrogens is 1. The summed E-state index contributed by atoms with van der Waals surface area (Å²) in [6.07, 6.45) is 4.09. The molecule has 0 saturated heterocycles. The molecule has 0 amide bonds. The number of aliphatic hydroxyl groups excluding tert-OH is 1. The summed E-state index contributed by atoms with van der Waals surface area (Å²) in [6, 6.07) is 24.0. The predicted molar refractivity (Wildman–Crippen MR) is 110 cm³/mol. The molecule has 0 spiro atoms. The number of hydrogen-bond donors (Lipinski definition) is 1. The zero-order chi connectivity index (χ0) is 19.6. The number of ketones is 1. The smallest absolute Gasteiger partial charge is 0.155 e. The molecule has 4 heteroatoms. The van der Waals surface area contributed by atoms with Gasteiger partial charge in [0, 0.05) is 32.4 Å². The number of nitrogens with zero attached hydrogens (tertiary/aromatic N) is 1. The molecular weight excluding hydrogens is 526 g/mol. The van der Waals surface area contributed by atoms with Crippen molar-refractivity contribution in [2.24, 2.45) is 0 Å².